The number of hydrogen-bond donors (Lipinski definition) is 10. The van der Waals surface area contributed by atoms with E-state index >= 15 is 0 Å². The molecule has 2 aromatic rings. The third-order valence-corrected chi connectivity index (χ3v) is 9.46. The van der Waals surface area contributed by atoms with Crippen LogP contribution in [0.25, 0.3) is 0 Å². The molecule has 0 spiro atoms. The van der Waals surface area contributed by atoms with Crippen LogP contribution in [-0.4, -0.2) is 152 Å². The second kappa shape index (κ2) is 15.2. The molecule has 2 aromatic carbocycles. The maximum atomic E-state index is 12.7. The van der Waals surface area contributed by atoms with Gasteiger partial charge in [-0.1, -0.05) is 12.1 Å². The molecule has 0 bridgehead atoms. The van der Waals surface area contributed by atoms with E-state index in [9.17, 15) is 60.7 Å². The molecule has 276 valence electrons. The standard InChI is InChI=1S/C32H40O18/c1-45-11-3-5-13(15(7-11)47-31-27(39)25(37)23(35)17(9-33)49-31)19-20(22(30(43)44)21(19)29(41)42)14-6-4-12(46-2)8-16(14)48-32-28(40)26(38)24(36)18(10-34)50-32/h3-8,17-28,31-40H,9-10H2,1-2H3,(H,41,42)(H,43,44)/t17-,18-,19?,20?,21?,22?,23-,24-,25+,26+,27-,28-,31-,32-/m1/s1. The molecule has 3 fully saturated rings. The van der Waals surface area contributed by atoms with Crippen molar-refractivity contribution in [1.29, 1.82) is 0 Å². The number of carbonyl (C=O) groups is 2. The average molecular weight is 713 g/mol. The van der Waals surface area contributed by atoms with Crippen molar-refractivity contribution in [2.24, 2.45) is 11.8 Å². The molecule has 3 aliphatic rings. The molecule has 4 unspecified atom stereocenters. The summed E-state index contributed by atoms with van der Waals surface area (Å²) in [6.45, 7) is -1.51. The van der Waals surface area contributed by atoms with Gasteiger partial charge in [0.05, 0.1) is 39.3 Å². The second-order valence-corrected chi connectivity index (χ2v) is 12.2. The first kappa shape index (κ1) is 37.4. The number of hydrogen-bond acceptors (Lipinski definition) is 16. The van der Waals surface area contributed by atoms with Crippen LogP contribution in [0.4, 0.5) is 0 Å². The van der Waals surface area contributed by atoms with Gasteiger partial charge >= 0.3 is 11.9 Å². The summed E-state index contributed by atoms with van der Waals surface area (Å²) in [6.07, 6.45) is -16.7. The Labute approximate surface area is 284 Å². The molecule has 5 rings (SSSR count). The molecule has 2 heterocycles. The lowest BCUT2D eigenvalue weighted by Crippen LogP contribution is -2.60. The largest absolute Gasteiger partial charge is 0.497 e. The maximum Gasteiger partial charge on any atom is 0.308 e. The van der Waals surface area contributed by atoms with Crippen LogP contribution < -0.4 is 18.9 Å². The molecule has 14 atom stereocenters. The van der Waals surface area contributed by atoms with E-state index in [0.717, 1.165) is 0 Å². The Morgan fingerprint density at radius 3 is 1.26 bits per heavy atom. The van der Waals surface area contributed by atoms with Gasteiger partial charge in [-0.15, -0.1) is 0 Å². The Morgan fingerprint density at radius 2 is 0.960 bits per heavy atom. The van der Waals surface area contributed by atoms with E-state index in [1.807, 2.05) is 0 Å². The molecule has 10 N–H and O–H groups in total. The molecular formula is C32H40O18. The fraction of sp³-hybridized carbons (Fsp3) is 0.562. The van der Waals surface area contributed by atoms with Gasteiger partial charge in [0.1, 0.15) is 71.8 Å². The topological polar surface area (TPSA) is 292 Å². The van der Waals surface area contributed by atoms with Crippen LogP contribution in [0.5, 0.6) is 23.0 Å². The predicted octanol–water partition coefficient (Wildman–Crippen LogP) is -2.66. The molecule has 2 saturated heterocycles. The summed E-state index contributed by atoms with van der Waals surface area (Å²) in [5.74, 6) is -8.42. The van der Waals surface area contributed by atoms with Crippen LogP contribution in [0, 0.1) is 11.8 Å². The Bertz CT molecular complexity index is 1400. The van der Waals surface area contributed by atoms with E-state index in [2.05, 4.69) is 0 Å². The van der Waals surface area contributed by atoms with E-state index in [0.29, 0.717) is 0 Å². The summed E-state index contributed by atoms with van der Waals surface area (Å²) in [6, 6.07) is 8.40. The Kier molecular flexibility index (Phi) is 11.4. The number of rotatable bonds is 12. The number of aliphatic hydroxyl groups is 8. The van der Waals surface area contributed by atoms with Gasteiger partial charge < -0.3 is 79.5 Å². The van der Waals surface area contributed by atoms with Crippen LogP contribution in [0.15, 0.2) is 36.4 Å². The van der Waals surface area contributed by atoms with Crippen LogP contribution in [0.3, 0.4) is 0 Å². The fourth-order valence-corrected chi connectivity index (χ4v) is 6.75. The summed E-state index contributed by atoms with van der Waals surface area (Å²) >= 11 is 0. The summed E-state index contributed by atoms with van der Waals surface area (Å²) in [5, 5.41) is 102. The zero-order valence-electron chi connectivity index (χ0n) is 26.7. The first-order chi connectivity index (χ1) is 23.8. The van der Waals surface area contributed by atoms with E-state index in [1.165, 1.54) is 50.6 Å². The minimum atomic E-state index is -1.84. The fourth-order valence-electron chi connectivity index (χ4n) is 6.75. The SMILES string of the molecule is COc1ccc(C2C(C(=O)O)C(C(=O)O)C2c2ccc(OC)cc2O[C@@H]2O[C@H](CO)[C@@H](O)[C@H](O)[C@H]2O)c(O[C@@H]2O[C@H](CO)[C@@H](O)[C@H](O)[C@H]2O)c1. The quantitative estimate of drug-likeness (QED) is 0.107. The average Bonchev–Trinajstić information content (AvgIpc) is 3.08. The van der Waals surface area contributed by atoms with Crippen LogP contribution >= 0.6 is 0 Å². The number of ether oxygens (including phenoxy) is 6. The highest BCUT2D eigenvalue weighted by molar-refractivity contribution is 5.86. The number of carboxylic acids is 2. The van der Waals surface area contributed by atoms with Gasteiger partial charge in [-0.25, -0.2) is 0 Å². The van der Waals surface area contributed by atoms with Gasteiger partial charge in [-0.3, -0.25) is 9.59 Å². The first-order valence-corrected chi connectivity index (χ1v) is 15.5. The monoisotopic (exact) mass is 712 g/mol. The third kappa shape index (κ3) is 6.79. The van der Waals surface area contributed by atoms with Crippen molar-refractivity contribution >= 4 is 11.9 Å². The van der Waals surface area contributed by atoms with E-state index < -0.39 is 110 Å². The van der Waals surface area contributed by atoms with E-state index in [4.69, 9.17) is 28.4 Å². The summed E-state index contributed by atoms with van der Waals surface area (Å²) in [4.78, 5) is 25.4. The smallest absolute Gasteiger partial charge is 0.308 e. The number of carboxylic acid groups (broad SMARTS) is 2. The Hall–Kier alpha value is -3.82. The van der Waals surface area contributed by atoms with Crippen molar-refractivity contribution in [1.82, 2.24) is 0 Å². The molecule has 50 heavy (non-hydrogen) atoms. The van der Waals surface area contributed by atoms with Gasteiger partial charge in [0.15, 0.2) is 0 Å². The van der Waals surface area contributed by atoms with Gasteiger partial charge in [-0.2, -0.15) is 0 Å². The molecule has 18 nitrogen and oxygen atoms in total. The lowest BCUT2D eigenvalue weighted by atomic mass is 9.52. The molecule has 0 radical (unpaired) electrons. The molecule has 1 saturated carbocycles. The van der Waals surface area contributed by atoms with Gasteiger partial charge in [0.2, 0.25) is 12.6 Å². The molecule has 1 aliphatic carbocycles. The van der Waals surface area contributed by atoms with Crippen LogP contribution in [-0.2, 0) is 19.1 Å². The Balaban J connectivity index is 1.60. The minimum absolute atomic E-state index is 0.104. The van der Waals surface area contributed by atoms with Crippen molar-refractivity contribution in [3.63, 3.8) is 0 Å². The highest BCUT2D eigenvalue weighted by Crippen LogP contribution is 2.61. The summed E-state index contributed by atoms with van der Waals surface area (Å²) in [7, 11) is 2.67. The number of aliphatic hydroxyl groups excluding tert-OH is 8. The van der Waals surface area contributed by atoms with E-state index in [-0.39, 0.29) is 34.1 Å². The molecule has 0 amide bonds. The lowest BCUT2D eigenvalue weighted by Gasteiger charge is -2.49. The van der Waals surface area contributed by atoms with Crippen LogP contribution in [0.1, 0.15) is 23.0 Å². The second-order valence-electron chi connectivity index (χ2n) is 12.2. The van der Waals surface area contributed by atoms with Gasteiger partial charge in [0, 0.05) is 24.0 Å². The van der Waals surface area contributed by atoms with Gasteiger partial charge in [0.25, 0.3) is 0 Å². The van der Waals surface area contributed by atoms with Crippen molar-refractivity contribution in [3.05, 3.63) is 47.5 Å². The molecular weight excluding hydrogens is 672 g/mol. The third-order valence-electron chi connectivity index (χ3n) is 9.46. The lowest BCUT2D eigenvalue weighted by molar-refractivity contribution is -0.277. The molecule has 18 heteroatoms. The number of methoxy groups -OCH3 is 2. The van der Waals surface area contributed by atoms with Crippen molar-refractivity contribution in [3.8, 4) is 23.0 Å². The van der Waals surface area contributed by atoms with Gasteiger partial charge in [-0.05, 0) is 23.3 Å². The highest BCUT2D eigenvalue weighted by atomic mass is 16.7. The Morgan fingerprint density at radius 1 is 0.600 bits per heavy atom. The molecule has 0 aromatic heterocycles. The van der Waals surface area contributed by atoms with Crippen molar-refractivity contribution < 1.29 is 89.1 Å². The zero-order chi connectivity index (χ0) is 36.6. The van der Waals surface area contributed by atoms with Crippen molar-refractivity contribution in [2.75, 3.05) is 27.4 Å². The minimum Gasteiger partial charge on any atom is -0.497 e. The van der Waals surface area contributed by atoms with Crippen molar-refractivity contribution in [2.45, 2.75) is 73.2 Å². The predicted molar refractivity (Wildman–Crippen MR) is 163 cm³/mol. The normalized spacial score (nSPS) is 36.9. The highest BCUT2D eigenvalue weighted by Gasteiger charge is 2.60. The first-order valence-electron chi connectivity index (χ1n) is 15.5. The summed E-state index contributed by atoms with van der Waals surface area (Å²) < 4.78 is 33.5. The number of benzene rings is 2. The van der Waals surface area contributed by atoms with Crippen LogP contribution in [0.2, 0.25) is 0 Å². The van der Waals surface area contributed by atoms with E-state index in [1.54, 1.807) is 0 Å². The molecule has 2 aliphatic heterocycles. The summed E-state index contributed by atoms with van der Waals surface area (Å²) in [5.41, 5.74) is 0.208. The maximum absolute atomic E-state index is 12.7. The zero-order valence-corrected chi connectivity index (χ0v) is 26.7. The number of aliphatic carboxylic acids is 2.